The van der Waals surface area contributed by atoms with Crippen molar-refractivity contribution in [1.29, 1.82) is 0 Å². The molecule has 0 saturated heterocycles. The van der Waals surface area contributed by atoms with Gasteiger partial charge in [0.05, 0.1) is 27.9 Å². The van der Waals surface area contributed by atoms with E-state index in [1.54, 1.807) is 29.0 Å². The lowest BCUT2D eigenvalue weighted by molar-refractivity contribution is -0.113. The van der Waals surface area contributed by atoms with E-state index < -0.39 is 0 Å². The van der Waals surface area contributed by atoms with Crippen LogP contribution in [0.25, 0.3) is 21.8 Å². The highest BCUT2D eigenvalue weighted by Gasteiger charge is 2.14. The van der Waals surface area contributed by atoms with E-state index in [2.05, 4.69) is 15.3 Å². The molecule has 0 aliphatic rings. The Hall–Kier alpha value is -2.94. The van der Waals surface area contributed by atoms with Crippen molar-refractivity contribution in [2.75, 3.05) is 24.3 Å². The lowest BCUT2D eigenvalue weighted by Gasteiger charge is -2.13. The lowest BCUT2D eigenvalue weighted by atomic mass is 10.2. The molecule has 9 heteroatoms. The molecule has 0 saturated carbocycles. The third-order valence-electron chi connectivity index (χ3n) is 5.01. The number of benzene rings is 2. The van der Waals surface area contributed by atoms with Crippen LogP contribution in [-0.4, -0.2) is 39.4 Å². The molecule has 0 radical (unpaired) electrons. The van der Waals surface area contributed by atoms with Crippen molar-refractivity contribution < 1.29 is 9.53 Å². The number of nitrogens with zero attached hydrogens (tertiary/aromatic N) is 3. The second-order valence-electron chi connectivity index (χ2n) is 7.28. The van der Waals surface area contributed by atoms with Crippen LogP contribution >= 0.6 is 23.4 Å². The Bertz CT molecular complexity index is 1350. The first-order valence-electron chi connectivity index (χ1n) is 10.6. The van der Waals surface area contributed by atoms with Crippen molar-refractivity contribution >= 4 is 56.8 Å². The molecular weight excluding hydrogens is 460 g/mol. The van der Waals surface area contributed by atoms with Crippen LogP contribution < -0.4 is 10.9 Å². The zero-order valence-electron chi connectivity index (χ0n) is 18.1. The van der Waals surface area contributed by atoms with Gasteiger partial charge < -0.3 is 10.1 Å². The van der Waals surface area contributed by atoms with Crippen LogP contribution in [0.1, 0.15) is 13.3 Å². The summed E-state index contributed by atoms with van der Waals surface area (Å²) in [6.07, 6.45) is 2.38. The van der Waals surface area contributed by atoms with Crippen molar-refractivity contribution in [2.24, 2.45) is 0 Å². The second kappa shape index (κ2) is 10.8. The molecule has 33 heavy (non-hydrogen) atoms. The Morgan fingerprint density at radius 1 is 1.15 bits per heavy atom. The summed E-state index contributed by atoms with van der Waals surface area (Å²) in [5.74, 6) is -0.0988. The standard InChI is InChI=1S/C24H23ClN4O3S/c1-2-32-13-5-12-29-23(31)18-10-9-16(25)14-21(18)28-24(29)33-15-22(30)27-20-8-3-7-19-17(20)6-4-11-26-19/h3-4,6-11,14H,2,5,12-13,15H2,1H3,(H,27,30). The van der Waals surface area contributed by atoms with Crippen LogP contribution in [0.4, 0.5) is 5.69 Å². The number of fused-ring (bicyclic) bond motifs is 2. The molecular formula is C24H23ClN4O3S. The molecule has 1 amide bonds. The highest BCUT2D eigenvalue weighted by atomic mass is 35.5. The largest absolute Gasteiger partial charge is 0.382 e. The highest BCUT2D eigenvalue weighted by Crippen LogP contribution is 2.23. The predicted molar refractivity (Wildman–Crippen MR) is 133 cm³/mol. The summed E-state index contributed by atoms with van der Waals surface area (Å²) in [6.45, 7) is 3.54. The number of rotatable bonds is 9. The Labute approximate surface area is 200 Å². The molecule has 2 aromatic carbocycles. The van der Waals surface area contributed by atoms with Crippen LogP contribution in [0.15, 0.2) is 64.7 Å². The quantitative estimate of drug-likeness (QED) is 0.210. The number of aromatic nitrogens is 3. The smallest absolute Gasteiger partial charge is 0.262 e. The third-order valence-corrected chi connectivity index (χ3v) is 6.22. The number of ether oxygens (including phenoxy) is 1. The van der Waals surface area contributed by atoms with E-state index in [9.17, 15) is 9.59 Å². The fraction of sp³-hybridized carbons (Fsp3) is 0.250. The van der Waals surface area contributed by atoms with E-state index in [0.717, 1.165) is 10.9 Å². The third kappa shape index (κ3) is 5.52. The second-order valence-corrected chi connectivity index (χ2v) is 8.65. The average molecular weight is 483 g/mol. The molecule has 7 nitrogen and oxygen atoms in total. The molecule has 170 valence electrons. The molecule has 0 atom stereocenters. The van der Waals surface area contributed by atoms with E-state index in [1.807, 2.05) is 37.3 Å². The normalized spacial score (nSPS) is 11.2. The molecule has 2 heterocycles. The number of pyridine rings is 1. The van der Waals surface area contributed by atoms with Crippen molar-refractivity contribution in [2.45, 2.75) is 25.0 Å². The highest BCUT2D eigenvalue weighted by molar-refractivity contribution is 7.99. The average Bonchev–Trinajstić information content (AvgIpc) is 2.82. The summed E-state index contributed by atoms with van der Waals surface area (Å²) in [5, 5.41) is 5.27. The van der Waals surface area contributed by atoms with Gasteiger partial charge in [-0.3, -0.25) is 19.1 Å². The van der Waals surface area contributed by atoms with Crippen molar-refractivity contribution in [3.05, 3.63) is 70.1 Å². The number of halogens is 1. The summed E-state index contributed by atoms with van der Waals surface area (Å²) in [4.78, 5) is 34.8. The minimum absolute atomic E-state index is 0.0978. The van der Waals surface area contributed by atoms with Crippen LogP contribution in [0.3, 0.4) is 0 Å². The maximum Gasteiger partial charge on any atom is 0.262 e. The Balaban J connectivity index is 1.56. The zero-order valence-corrected chi connectivity index (χ0v) is 19.7. The maximum atomic E-state index is 13.1. The van der Waals surface area contributed by atoms with Crippen LogP contribution in [0, 0.1) is 0 Å². The van der Waals surface area contributed by atoms with Gasteiger partial charge in [0.1, 0.15) is 0 Å². The summed E-state index contributed by atoms with van der Waals surface area (Å²) < 4.78 is 7.01. The molecule has 0 unspecified atom stereocenters. The van der Waals surface area contributed by atoms with Gasteiger partial charge in [-0.25, -0.2) is 4.98 Å². The first-order valence-corrected chi connectivity index (χ1v) is 12.0. The van der Waals surface area contributed by atoms with Crippen LogP contribution in [0.5, 0.6) is 0 Å². The van der Waals surface area contributed by atoms with Crippen molar-refractivity contribution in [3.8, 4) is 0 Å². The summed E-state index contributed by atoms with van der Waals surface area (Å²) in [7, 11) is 0. The number of carbonyl (C=O) groups is 1. The summed E-state index contributed by atoms with van der Waals surface area (Å²) >= 11 is 7.32. The first kappa shape index (κ1) is 23.2. The Morgan fingerprint density at radius 2 is 2.03 bits per heavy atom. The molecule has 0 aliphatic carbocycles. The number of hydrogen-bond donors (Lipinski definition) is 1. The van der Waals surface area contributed by atoms with Gasteiger partial charge in [0.2, 0.25) is 5.91 Å². The molecule has 0 aliphatic heterocycles. The topological polar surface area (TPSA) is 86.1 Å². The zero-order chi connectivity index (χ0) is 23.2. The predicted octanol–water partition coefficient (Wildman–Crippen LogP) is 4.76. The van der Waals surface area contributed by atoms with Gasteiger partial charge in [0, 0.05) is 36.4 Å². The van der Waals surface area contributed by atoms with Crippen LogP contribution in [-0.2, 0) is 16.1 Å². The van der Waals surface area contributed by atoms with Gasteiger partial charge in [0.15, 0.2) is 5.16 Å². The number of nitrogens with one attached hydrogen (secondary N) is 1. The van der Waals surface area contributed by atoms with E-state index in [-0.39, 0.29) is 17.2 Å². The Kier molecular flexibility index (Phi) is 7.59. The minimum atomic E-state index is -0.197. The summed E-state index contributed by atoms with van der Waals surface area (Å²) in [5.41, 5.74) is 1.85. The lowest BCUT2D eigenvalue weighted by Crippen LogP contribution is -2.25. The van der Waals surface area contributed by atoms with Crippen molar-refractivity contribution in [3.63, 3.8) is 0 Å². The van der Waals surface area contributed by atoms with E-state index in [0.29, 0.717) is 52.9 Å². The number of anilines is 1. The van der Waals surface area contributed by atoms with Gasteiger partial charge in [-0.1, -0.05) is 29.4 Å². The molecule has 4 aromatic rings. The van der Waals surface area contributed by atoms with Crippen molar-refractivity contribution in [1.82, 2.24) is 14.5 Å². The molecule has 0 spiro atoms. The fourth-order valence-electron chi connectivity index (χ4n) is 3.48. The molecule has 0 fully saturated rings. The Morgan fingerprint density at radius 3 is 2.88 bits per heavy atom. The van der Waals surface area contributed by atoms with E-state index in [4.69, 9.17) is 16.3 Å². The SMILES string of the molecule is CCOCCCn1c(SCC(=O)Nc2cccc3ncccc23)nc2cc(Cl)ccc2c1=O. The summed E-state index contributed by atoms with van der Waals surface area (Å²) in [6, 6.07) is 14.3. The van der Waals surface area contributed by atoms with E-state index in [1.165, 1.54) is 11.8 Å². The minimum Gasteiger partial charge on any atom is -0.382 e. The van der Waals surface area contributed by atoms with Crippen LogP contribution in [0.2, 0.25) is 5.02 Å². The first-order chi connectivity index (χ1) is 16.1. The number of amides is 1. The monoisotopic (exact) mass is 482 g/mol. The number of hydrogen-bond acceptors (Lipinski definition) is 6. The maximum absolute atomic E-state index is 13.1. The van der Waals surface area contributed by atoms with Gasteiger partial charge in [-0.15, -0.1) is 0 Å². The molecule has 1 N–H and O–H groups in total. The van der Waals surface area contributed by atoms with Gasteiger partial charge in [-0.2, -0.15) is 0 Å². The molecule has 2 aromatic heterocycles. The fourth-order valence-corrected chi connectivity index (χ4v) is 4.47. The van der Waals surface area contributed by atoms with Gasteiger partial charge >= 0.3 is 0 Å². The molecule has 0 bridgehead atoms. The number of carbonyl (C=O) groups excluding carboxylic acids is 1. The molecule has 4 rings (SSSR count). The number of thioether (sulfide) groups is 1. The van der Waals surface area contributed by atoms with Gasteiger partial charge in [0.25, 0.3) is 5.56 Å². The van der Waals surface area contributed by atoms with Gasteiger partial charge in [-0.05, 0) is 55.8 Å². The van der Waals surface area contributed by atoms with E-state index >= 15 is 0 Å².